The van der Waals surface area contributed by atoms with Gasteiger partial charge in [-0.1, -0.05) is 6.07 Å². The molecule has 3 heterocycles. The van der Waals surface area contributed by atoms with Crippen LogP contribution in [0, 0.1) is 6.92 Å². The number of fused-ring (bicyclic) bond motifs is 1. The van der Waals surface area contributed by atoms with E-state index in [2.05, 4.69) is 33.1 Å². The lowest BCUT2D eigenvalue weighted by molar-refractivity contribution is -0.133. The van der Waals surface area contributed by atoms with Crippen LogP contribution in [0.3, 0.4) is 0 Å². The average Bonchev–Trinajstić information content (AvgIpc) is 3.12. The summed E-state index contributed by atoms with van der Waals surface area (Å²) in [4.78, 5) is 21.5. The van der Waals surface area contributed by atoms with Crippen molar-refractivity contribution in [3.63, 3.8) is 0 Å². The standard InChI is InChI=1S/C21H29N5O/c1-16-5-4-10-22-20(16)15-25-11-13-26(14-12-25)21(27)9-8-19-17-6-2-3-7-18(17)23-24-19/h4-5,10H,2-3,6-9,11-15H2,1H3,(H,23,24). The summed E-state index contributed by atoms with van der Waals surface area (Å²) in [5.41, 5.74) is 6.16. The molecule has 1 aliphatic heterocycles. The van der Waals surface area contributed by atoms with Crippen LogP contribution in [-0.4, -0.2) is 57.1 Å². The minimum atomic E-state index is 0.260. The third-order valence-electron chi connectivity index (χ3n) is 5.93. The number of rotatable bonds is 5. The number of hydrogen-bond acceptors (Lipinski definition) is 4. The van der Waals surface area contributed by atoms with Crippen molar-refractivity contribution in [1.82, 2.24) is 25.0 Å². The molecule has 1 saturated heterocycles. The molecule has 27 heavy (non-hydrogen) atoms. The fraction of sp³-hybridized carbons (Fsp3) is 0.571. The maximum absolute atomic E-state index is 12.6. The number of aryl methyl sites for hydroxylation is 3. The number of carbonyl (C=O) groups excluding carboxylic acids is 1. The smallest absolute Gasteiger partial charge is 0.223 e. The number of aromatic nitrogens is 3. The molecule has 2 aliphatic rings. The Labute approximate surface area is 161 Å². The van der Waals surface area contributed by atoms with E-state index >= 15 is 0 Å². The summed E-state index contributed by atoms with van der Waals surface area (Å²) < 4.78 is 0. The number of pyridine rings is 1. The number of nitrogens with zero attached hydrogens (tertiary/aromatic N) is 4. The maximum atomic E-state index is 12.6. The van der Waals surface area contributed by atoms with Crippen molar-refractivity contribution in [2.24, 2.45) is 0 Å². The molecule has 1 amide bonds. The molecule has 0 bridgehead atoms. The van der Waals surface area contributed by atoms with Gasteiger partial charge < -0.3 is 4.90 Å². The molecule has 1 fully saturated rings. The molecule has 2 aromatic rings. The van der Waals surface area contributed by atoms with Gasteiger partial charge in [-0.2, -0.15) is 5.10 Å². The highest BCUT2D eigenvalue weighted by Crippen LogP contribution is 2.23. The summed E-state index contributed by atoms with van der Waals surface area (Å²) in [5.74, 6) is 0.260. The molecule has 6 nitrogen and oxygen atoms in total. The monoisotopic (exact) mass is 367 g/mol. The Morgan fingerprint density at radius 2 is 1.96 bits per heavy atom. The number of nitrogens with one attached hydrogen (secondary N) is 1. The first-order valence-electron chi connectivity index (χ1n) is 10.2. The summed E-state index contributed by atoms with van der Waals surface area (Å²) in [6, 6.07) is 4.09. The second-order valence-electron chi connectivity index (χ2n) is 7.76. The number of H-pyrrole nitrogens is 1. The SMILES string of the molecule is Cc1cccnc1CN1CCN(C(=O)CCc2n[nH]c3c2CCCC3)CC1. The van der Waals surface area contributed by atoms with Gasteiger partial charge in [-0.25, -0.2) is 0 Å². The zero-order valence-corrected chi connectivity index (χ0v) is 16.2. The lowest BCUT2D eigenvalue weighted by Gasteiger charge is -2.34. The van der Waals surface area contributed by atoms with E-state index in [1.54, 1.807) is 0 Å². The van der Waals surface area contributed by atoms with Gasteiger partial charge in [-0.05, 0) is 49.8 Å². The van der Waals surface area contributed by atoms with Crippen molar-refractivity contribution in [3.05, 3.63) is 46.5 Å². The van der Waals surface area contributed by atoms with Crippen molar-refractivity contribution in [2.75, 3.05) is 26.2 Å². The van der Waals surface area contributed by atoms with E-state index in [0.717, 1.165) is 63.4 Å². The molecule has 6 heteroatoms. The Bertz CT molecular complexity index is 792. The minimum absolute atomic E-state index is 0.260. The van der Waals surface area contributed by atoms with Gasteiger partial charge in [0.2, 0.25) is 5.91 Å². The zero-order chi connectivity index (χ0) is 18.6. The van der Waals surface area contributed by atoms with E-state index in [-0.39, 0.29) is 5.91 Å². The topological polar surface area (TPSA) is 65.1 Å². The maximum Gasteiger partial charge on any atom is 0.223 e. The number of amides is 1. The first-order valence-corrected chi connectivity index (χ1v) is 10.2. The van der Waals surface area contributed by atoms with Crippen LogP contribution in [0.2, 0.25) is 0 Å². The molecule has 0 spiro atoms. The summed E-state index contributed by atoms with van der Waals surface area (Å²) in [7, 11) is 0. The second kappa shape index (κ2) is 8.21. The highest BCUT2D eigenvalue weighted by molar-refractivity contribution is 5.76. The number of aromatic amines is 1. The normalized spacial score (nSPS) is 17.7. The molecule has 4 rings (SSSR count). The molecule has 2 aromatic heterocycles. The van der Waals surface area contributed by atoms with Crippen LogP contribution in [0.4, 0.5) is 0 Å². The molecule has 0 unspecified atom stereocenters. The molecular formula is C21H29N5O. The Hall–Kier alpha value is -2.21. The van der Waals surface area contributed by atoms with Gasteiger partial charge in [0.15, 0.2) is 0 Å². The fourth-order valence-corrected chi connectivity index (χ4v) is 4.19. The van der Waals surface area contributed by atoms with Gasteiger partial charge in [-0.3, -0.25) is 19.8 Å². The van der Waals surface area contributed by atoms with E-state index in [0.29, 0.717) is 6.42 Å². The van der Waals surface area contributed by atoms with Crippen LogP contribution in [0.5, 0.6) is 0 Å². The van der Waals surface area contributed by atoms with E-state index in [4.69, 9.17) is 0 Å². The van der Waals surface area contributed by atoms with Crippen LogP contribution in [0.25, 0.3) is 0 Å². The predicted molar refractivity (Wildman–Crippen MR) is 104 cm³/mol. The van der Waals surface area contributed by atoms with Crippen molar-refractivity contribution >= 4 is 5.91 Å². The zero-order valence-electron chi connectivity index (χ0n) is 16.2. The molecule has 1 N–H and O–H groups in total. The highest BCUT2D eigenvalue weighted by atomic mass is 16.2. The minimum Gasteiger partial charge on any atom is -0.340 e. The molecule has 0 saturated carbocycles. The Morgan fingerprint density at radius 3 is 2.78 bits per heavy atom. The fourth-order valence-electron chi connectivity index (χ4n) is 4.19. The summed E-state index contributed by atoms with van der Waals surface area (Å²) in [5, 5.41) is 7.65. The number of piperazine rings is 1. The predicted octanol–water partition coefficient (Wildman–Crippen LogP) is 2.27. The van der Waals surface area contributed by atoms with Crippen molar-refractivity contribution in [1.29, 1.82) is 0 Å². The Kier molecular flexibility index (Phi) is 5.53. The first-order chi connectivity index (χ1) is 13.2. The lowest BCUT2D eigenvalue weighted by atomic mass is 9.94. The Morgan fingerprint density at radius 1 is 1.15 bits per heavy atom. The second-order valence-corrected chi connectivity index (χ2v) is 7.76. The molecule has 0 aromatic carbocycles. The van der Waals surface area contributed by atoms with Crippen LogP contribution in [-0.2, 0) is 30.6 Å². The van der Waals surface area contributed by atoms with Gasteiger partial charge in [0.05, 0.1) is 11.4 Å². The van der Waals surface area contributed by atoms with E-state index < -0.39 is 0 Å². The molecule has 144 valence electrons. The summed E-state index contributed by atoms with van der Waals surface area (Å²) >= 11 is 0. The highest BCUT2D eigenvalue weighted by Gasteiger charge is 2.23. The number of carbonyl (C=O) groups is 1. The summed E-state index contributed by atoms with van der Waals surface area (Å²) in [6.07, 6.45) is 7.89. The van der Waals surface area contributed by atoms with Crippen LogP contribution in [0.15, 0.2) is 18.3 Å². The van der Waals surface area contributed by atoms with Crippen LogP contribution < -0.4 is 0 Å². The van der Waals surface area contributed by atoms with Crippen molar-refractivity contribution < 1.29 is 4.79 Å². The van der Waals surface area contributed by atoms with Gasteiger partial charge in [0.25, 0.3) is 0 Å². The first kappa shape index (κ1) is 18.2. The quantitative estimate of drug-likeness (QED) is 0.880. The van der Waals surface area contributed by atoms with Gasteiger partial charge in [-0.15, -0.1) is 0 Å². The summed E-state index contributed by atoms with van der Waals surface area (Å²) in [6.45, 7) is 6.43. The lowest BCUT2D eigenvalue weighted by Crippen LogP contribution is -2.48. The van der Waals surface area contributed by atoms with E-state index in [1.807, 2.05) is 17.2 Å². The molecule has 1 aliphatic carbocycles. The van der Waals surface area contributed by atoms with E-state index in [1.165, 1.54) is 29.7 Å². The Balaban J connectivity index is 1.25. The van der Waals surface area contributed by atoms with Crippen molar-refractivity contribution in [2.45, 2.75) is 52.0 Å². The molecular weight excluding hydrogens is 338 g/mol. The van der Waals surface area contributed by atoms with Gasteiger partial charge >= 0.3 is 0 Å². The van der Waals surface area contributed by atoms with E-state index in [9.17, 15) is 4.79 Å². The average molecular weight is 367 g/mol. The largest absolute Gasteiger partial charge is 0.340 e. The van der Waals surface area contributed by atoms with Crippen molar-refractivity contribution in [3.8, 4) is 0 Å². The van der Waals surface area contributed by atoms with Crippen LogP contribution >= 0.6 is 0 Å². The third kappa shape index (κ3) is 4.21. The van der Waals surface area contributed by atoms with Crippen LogP contribution in [0.1, 0.15) is 47.5 Å². The van der Waals surface area contributed by atoms with Gasteiger partial charge in [0, 0.05) is 57.5 Å². The molecule has 0 atom stereocenters. The van der Waals surface area contributed by atoms with Gasteiger partial charge in [0.1, 0.15) is 0 Å². The molecule has 0 radical (unpaired) electrons. The number of hydrogen-bond donors (Lipinski definition) is 1. The third-order valence-corrected chi connectivity index (χ3v) is 5.93.